The molecule has 0 atom stereocenters. The fourth-order valence-corrected chi connectivity index (χ4v) is 3.64. The van der Waals surface area contributed by atoms with Crippen molar-refractivity contribution < 1.29 is 22.9 Å². The summed E-state index contributed by atoms with van der Waals surface area (Å²) in [6.07, 6.45) is 4.04. The molecule has 0 bridgehead atoms. The van der Waals surface area contributed by atoms with Crippen LogP contribution in [0.4, 0.5) is 0 Å². The van der Waals surface area contributed by atoms with Crippen molar-refractivity contribution in [1.29, 1.82) is 0 Å². The highest BCUT2D eigenvalue weighted by Gasteiger charge is 2.22. The van der Waals surface area contributed by atoms with Crippen LogP contribution in [-0.2, 0) is 14.9 Å². The predicted octanol–water partition coefficient (Wildman–Crippen LogP) is 3.93. The Bertz CT molecular complexity index is 1130. The van der Waals surface area contributed by atoms with Gasteiger partial charge in [-0.3, -0.25) is 9.35 Å². The van der Waals surface area contributed by atoms with E-state index in [1.807, 2.05) is 32.0 Å². The second kappa shape index (κ2) is 6.98. The van der Waals surface area contributed by atoms with Crippen LogP contribution in [0.3, 0.4) is 0 Å². The molecule has 0 aliphatic heterocycles. The molecule has 27 heavy (non-hydrogen) atoms. The monoisotopic (exact) mass is 382 g/mol. The number of rotatable bonds is 3. The molecule has 1 aliphatic carbocycles. The minimum absolute atomic E-state index is 0.246. The fraction of sp³-hybridized carbons (Fsp3) is 0.0952. The van der Waals surface area contributed by atoms with Gasteiger partial charge in [-0.2, -0.15) is 8.42 Å². The quantitative estimate of drug-likeness (QED) is 0.785. The summed E-state index contributed by atoms with van der Waals surface area (Å²) in [5, 5.41) is 9.88. The molecule has 5 nitrogen and oxygen atoms in total. The van der Waals surface area contributed by atoms with E-state index in [2.05, 4.69) is 0 Å². The maximum absolute atomic E-state index is 11.9. The molecule has 0 amide bonds. The van der Waals surface area contributed by atoms with Gasteiger partial charge in [0.25, 0.3) is 10.1 Å². The molecule has 3 rings (SSSR count). The first-order chi connectivity index (χ1) is 12.7. The Kier molecular flexibility index (Phi) is 4.87. The number of benzene rings is 2. The number of carbonyl (C=O) groups excluding carboxylic acids is 1. The van der Waals surface area contributed by atoms with Crippen LogP contribution in [0.15, 0.2) is 76.9 Å². The molecule has 0 unspecified atom stereocenters. The third-order valence-corrected chi connectivity index (χ3v) is 5.39. The molecule has 6 heteroatoms. The van der Waals surface area contributed by atoms with Gasteiger partial charge in [-0.05, 0) is 59.9 Å². The molecule has 2 N–H and O–H groups in total. The van der Waals surface area contributed by atoms with Crippen LogP contribution in [0, 0.1) is 13.8 Å². The van der Waals surface area contributed by atoms with E-state index in [1.54, 1.807) is 12.1 Å². The van der Waals surface area contributed by atoms with Crippen molar-refractivity contribution in [2.75, 3.05) is 0 Å². The Morgan fingerprint density at radius 2 is 1.67 bits per heavy atom. The first kappa shape index (κ1) is 18.8. The molecule has 138 valence electrons. The summed E-state index contributed by atoms with van der Waals surface area (Å²) in [6.45, 7) is 3.90. The maximum atomic E-state index is 11.9. The third-order valence-electron chi connectivity index (χ3n) is 4.48. The number of carbonyl (C=O) groups is 1. The topological polar surface area (TPSA) is 91.7 Å². The average Bonchev–Trinajstić information content (AvgIpc) is 2.61. The van der Waals surface area contributed by atoms with Crippen molar-refractivity contribution in [3.63, 3.8) is 0 Å². The van der Waals surface area contributed by atoms with E-state index in [4.69, 9.17) is 0 Å². The van der Waals surface area contributed by atoms with Crippen LogP contribution >= 0.6 is 0 Å². The highest BCUT2D eigenvalue weighted by atomic mass is 32.2. The molecule has 0 aromatic heterocycles. The van der Waals surface area contributed by atoms with Gasteiger partial charge in [0.05, 0.1) is 0 Å². The Morgan fingerprint density at radius 3 is 2.30 bits per heavy atom. The van der Waals surface area contributed by atoms with Gasteiger partial charge in [0.15, 0.2) is 5.76 Å². The molecule has 0 heterocycles. The van der Waals surface area contributed by atoms with Crippen molar-refractivity contribution in [3.05, 3.63) is 94.3 Å². The summed E-state index contributed by atoms with van der Waals surface area (Å²) in [6, 6.07) is 11.7. The van der Waals surface area contributed by atoms with Crippen molar-refractivity contribution in [2.45, 2.75) is 18.7 Å². The first-order valence-corrected chi connectivity index (χ1v) is 9.64. The van der Waals surface area contributed by atoms with Crippen molar-refractivity contribution >= 4 is 21.5 Å². The molecule has 0 saturated heterocycles. The number of aliphatic hydroxyl groups excluding tert-OH is 1. The zero-order valence-electron chi connectivity index (χ0n) is 14.8. The Morgan fingerprint density at radius 1 is 0.963 bits per heavy atom. The number of hydrogen-bond acceptors (Lipinski definition) is 4. The minimum Gasteiger partial charge on any atom is -0.504 e. The Labute approximate surface area is 157 Å². The molecule has 0 saturated carbocycles. The average molecular weight is 382 g/mol. The second-order valence-corrected chi connectivity index (χ2v) is 7.72. The second-order valence-electron chi connectivity index (χ2n) is 6.33. The Balaban J connectivity index is 2.40. The number of allylic oxidation sites excluding steroid dienone is 4. The molecule has 0 fully saturated rings. The van der Waals surface area contributed by atoms with Crippen molar-refractivity contribution in [1.82, 2.24) is 0 Å². The predicted molar refractivity (Wildman–Crippen MR) is 103 cm³/mol. The highest BCUT2D eigenvalue weighted by molar-refractivity contribution is 7.86. The zero-order valence-corrected chi connectivity index (χ0v) is 15.6. The van der Waals surface area contributed by atoms with E-state index in [9.17, 15) is 22.9 Å². The van der Waals surface area contributed by atoms with Gasteiger partial charge >= 0.3 is 0 Å². The van der Waals surface area contributed by atoms with Gasteiger partial charge in [0, 0.05) is 5.56 Å². The number of hydrogen-bond donors (Lipinski definition) is 2. The lowest BCUT2D eigenvalue weighted by Gasteiger charge is -2.17. The molecule has 2 aromatic rings. The molecule has 0 radical (unpaired) electrons. The van der Waals surface area contributed by atoms with E-state index >= 15 is 0 Å². The van der Waals surface area contributed by atoms with Crippen molar-refractivity contribution in [3.8, 4) is 0 Å². The Hall–Kier alpha value is -2.96. The summed E-state index contributed by atoms with van der Waals surface area (Å²) < 4.78 is 33.5. The summed E-state index contributed by atoms with van der Waals surface area (Å²) in [7, 11) is -4.48. The van der Waals surface area contributed by atoms with Gasteiger partial charge in [0.2, 0.25) is 5.78 Å². The smallest absolute Gasteiger partial charge is 0.295 e. The van der Waals surface area contributed by atoms with Crippen LogP contribution < -0.4 is 0 Å². The molecular weight excluding hydrogens is 364 g/mol. The first-order valence-electron chi connectivity index (χ1n) is 8.20. The molecule has 2 aromatic carbocycles. The maximum Gasteiger partial charge on any atom is 0.295 e. The number of aliphatic hydroxyl groups is 1. The normalized spacial score (nSPS) is 16.3. The van der Waals surface area contributed by atoms with Gasteiger partial charge in [-0.15, -0.1) is 0 Å². The van der Waals surface area contributed by atoms with E-state index in [-0.39, 0.29) is 10.5 Å². The van der Waals surface area contributed by atoms with Crippen molar-refractivity contribution in [2.24, 2.45) is 0 Å². The lowest BCUT2D eigenvalue weighted by atomic mass is 9.89. The van der Waals surface area contributed by atoms with Crippen LogP contribution in [0.5, 0.6) is 0 Å². The summed E-state index contributed by atoms with van der Waals surface area (Å²) in [5.41, 5.74) is 4.00. The number of aryl methyl sites for hydroxylation is 2. The van der Waals surface area contributed by atoms with Gasteiger partial charge < -0.3 is 5.11 Å². The van der Waals surface area contributed by atoms with Crippen LogP contribution in [0.25, 0.3) is 5.57 Å². The highest BCUT2D eigenvalue weighted by Crippen LogP contribution is 2.34. The zero-order chi connectivity index (χ0) is 19.8. The standard InChI is InChI=1S/C21H18O5S/c1-13-7-8-15(11-14(13)2)21(16-9-10-18(22)19(23)12-16)17-5-3-4-6-20(17)27(24,25)26/h3-12,23H,1-2H3,(H,24,25,26). The van der Waals surface area contributed by atoms with Crippen LogP contribution in [-0.4, -0.2) is 23.9 Å². The minimum atomic E-state index is -4.48. The van der Waals surface area contributed by atoms with Gasteiger partial charge in [0.1, 0.15) is 4.90 Å². The number of ketones is 1. The lowest BCUT2D eigenvalue weighted by molar-refractivity contribution is -0.113. The van der Waals surface area contributed by atoms with Crippen LogP contribution in [0.1, 0.15) is 22.3 Å². The van der Waals surface area contributed by atoms with E-state index in [0.29, 0.717) is 16.7 Å². The summed E-state index contributed by atoms with van der Waals surface area (Å²) in [5.74, 6) is -0.959. The largest absolute Gasteiger partial charge is 0.504 e. The summed E-state index contributed by atoms with van der Waals surface area (Å²) >= 11 is 0. The fourth-order valence-electron chi connectivity index (χ4n) is 2.95. The van der Waals surface area contributed by atoms with Crippen LogP contribution in [0.2, 0.25) is 0 Å². The third kappa shape index (κ3) is 3.77. The van der Waals surface area contributed by atoms with E-state index in [1.165, 1.54) is 30.4 Å². The lowest BCUT2D eigenvalue weighted by Crippen LogP contribution is -2.07. The molecule has 1 aliphatic rings. The molecule has 0 spiro atoms. The van der Waals surface area contributed by atoms with Gasteiger partial charge in [-0.25, -0.2) is 0 Å². The van der Waals surface area contributed by atoms with E-state index in [0.717, 1.165) is 11.1 Å². The van der Waals surface area contributed by atoms with Gasteiger partial charge in [-0.1, -0.05) is 42.5 Å². The van der Waals surface area contributed by atoms with E-state index < -0.39 is 21.7 Å². The molecular formula is C21H18O5S. The SMILES string of the molecule is Cc1ccc(C(=C2C=CC(=O)C(O)=C2)c2ccccc2S(=O)(=O)O)cc1C. The summed E-state index contributed by atoms with van der Waals surface area (Å²) in [4.78, 5) is 11.4.